The lowest BCUT2D eigenvalue weighted by molar-refractivity contribution is 0.0954. The maximum atomic E-state index is 12.7. The first kappa shape index (κ1) is 19.6. The minimum atomic E-state index is -3.79. The molecule has 1 atom stereocenters. The Bertz CT molecular complexity index is 1030. The minimum absolute atomic E-state index is 0.0136. The first-order valence-electron chi connectivity index (χ1n) is 8.64. The smallest absolute Gasteiger partial charge is 0.251 e. The Morgan fingerprint density at radius 3 is 2.48 bits per heavy atom. The van der Waals surface area contributed by atoms with E-state index >= 15 is 0 Å². The summed E-state index contributed by atoms with van der Waals surface area (Å²) in [5.74, 6) is -0.832. The molecule has 27 heavy (non-hydrogen) atoms. The van der Waals surface area contributed by atoms with Crippen LogP contribution in [0.25, 0.3) is 0 Å². The summed E-state index contributed by atoms with van der Waals surface area (Å²) in [5, 5.41) is 1.83. The van der Waals surface area contributed by atoms with Crippen molar-refractivity contribution in [3.8, 4) is 0 Å². The van der Waals surface area contributed by atoms with Crippen LogP contribution in [0.15, 0.2) is 59.5 Å². The average molecular weight is 408 g/mol. The number of benzene rings is 2. The molecule has 1 heterocycles. The highest BCUT2D eigenvalue weighted by atomic mass is 32.2. The monoisotopic (exact) mass is 407 g/mol. The number of amides is 1. The Hall–Kier alpha value is -2.19. The molecule has 0 saturated carbocycles. The average Bonchev–Trinajstić information content (AvgIpc) is 3.03. The van der Waals surface area contributed by atoms with Crippen molar-refractivity contribution < 1.29 is 21.6 Å². The predicted molar refractivity (Wildman–Crippen MR) is 103 cm³/mol. The molecule has 6 nitrogen and oxygen atoms in total. The SMILES string of the molecule is O=C(NCCc1ccccc1)c1cccc(S(=O)(=O)[C@H]2CCS(=O)(=O)C2)c1. The van der Waals surface area contributed by atoms with Gasteiger partial charge < -0.3 is 5.32 Å². The second-order valence-corrected chi connectivity index (χ2v) is 11.0. The van der Waals surface area contributed by atoms with Crippen molar-refractivity contribution >= 4 is 25.6 Å². The van der Waals surface area contributed by atoms with E-state index in [4.69, 9.17) is 0 Å². The quantitative estimate of drug-likeness (QED) is 0.785. The van der Waals surface area contributed by atoms with E-state index in [9.17, 15) is 21.6 Å². The maximum absolute atomic E-state index is 12.7. The van der Waals surface area contributed by atoms with E-state index in [1.807, 2.05) is 30.3 Å². The lowest BCUT2D eigenvalue weighted by atomic mass is 10.1. The summed E-state index contributed by atoms with van der Waals surface area (Å²) in [4.78, 5) is 12.3. The highest BCUT2D eigenvalue weighted by Crippen LogP contribution is 2.25. The summed E-state index contributed by atoms with van der Waals surface area (Å²) >= 11 is 0. The van der Waals surface area contributed by atoms with Crippen molar-refractivity contribution in [2.45, 2.75) is 23.0 Å². The Labute approximate surface area is 159 Å². The zero-order valence-electron chi connectivity index (χ0n) is 14.7. The van der Waals surface area contributed by atoms with E-state index in [0.717, 1.165) is 5.56 Å². The molecule has 0 unspecified atom stereocenters. The molecule has 0 radical (unpaired) electrons. The van der Waals surface area contributed by atoms with E-state index in [1.54, 1.807) is 6.07 Å². The van der Waals surface area contributed by atoms with Gasteiger partial charge in [-0.3, -0.25) is 4.79 Å². The summed E-state index contributed by atoms with van der Waals surface area (Å²) in [6.07, 6.45) is 0.767. The van der Waals surface area contributed by atoms with Gasteiger partial charge in [-0.05, 0) is 36.6 Å². The highest BCUT2D eigenvalue weighted by molar-refractivity contribution is 7.96. The van der Waals surface area contributed by atoms with Crippen LogP contribution in [0.3, 0.4) is 0 Å². The van der Waals surface area contributed by atoms with Crippen molar-refractivity contribution in [2.24, 2.45) is 0 Å². The number of hydrogen-bond donors (Lipinski definition) is 1. The van der Waals surface area contributed by atoms with Gasteiger partial charge in [0.05, 0.1) is 21.7 Å². The van der Waals surface area contributed by atoms with Crippen molar-refractivity contribution in [1.29, 1.82) is 0 Å². The van der Waals surface area contributed by atoms with Crippen LogP contribution in [0.5, 0.6) is 0 Å². The zero-order valence-corrected chi connectivity index (χ0v) is 16.3. The van der Waals surface area contributed by atoms with Crippen molar-refractivity contribution in [3.05, 3.63) is 65.7 Å². The summed E-state index contributed by atoms with van der Waals surface area (Å²) in [6.45, 7) is 0.431. The molecule has 144 valence electrons. The summed E-state index contributed by atoms with van der Waals surface area (Å²) in [5.41, 5.74) is 1.33. The third-order valence-corrected chi connectivity index (χ3v) is 8.77. The second-order valence-electron chi connectivity index (χ2n) is 6.59. The molecule has 3 rings (SSSR count). The van der Waals surface area contributed by atoms with Gasteiger partial charge in [0, 0.05) is 12.1 Å². The van der Waals surface area contributed by atoms with Crippen LogP contribution in [0.4, 0.5) is 0 Å². The van der Waals surface area contributed by atoms with Crippen LogP contribution in [-0.4, -0.2) is 46.0 Å². The molecule has 0 spiro atoms. The lowest BCUT2D eigenvalue weighted by Gasteiger charge is -2.11. The summed E-state index contributed by atoms with van der Waals surface area (Å²) in [6, 6.07) is 15.5. The van der Waals surface area contributed by atoms with Gasteiger partial charge in [-0.2, -0.15) is 0 Å². The molecule has 1 N–H and O–H groups in total. The van der Waals surface area contributed by atoms with Crippen LogP contribution in [0.1, 0.15) is 22.3 Å². The second kappa shape index (κ2) is 7.82. The van der Waals surface area contributed by atoms with Crippen LogP contribution in [-0.2, 0) is 26.1 Å². The Morgan fingerprint density at radius 2 is 1.81 bits per heavy atom. The van der Waals surface area contributed by atoms with Gasteiger partial charge in [0.15, 0.2) is 19.7 Å². The molecule has 2 aromatic carbocycles. The maximum Gasteiger partial charge on any atom is 0.251 e. The molecule has 1 amide bonds. The highest BCUT2D eigenvalue weighted by Gasteiger charge is 2.38. The number of nitrogens with one attached hydrogen (secondary N) is 1. The number of hydrogen-bond acceptors (Lipinski definition) is 5. The first-order valence-corrected chi connectivity index (χ1v) is 12.0. The molecule has 0 aromatic heterocycles. The predicted octanol–water partition coefficient (Wildman–Crippen LogP) is 1.62. The van der Waals surface area contributed by atoms with Gasteiger partial charge in [0.2, 0.25) is 0 Å². The summed E-state index contributed by atoms with van der Waals surface area (Å²) < 4.78 is 48.6. The molecular weight excluding hydrogens is 386 g/mol. The van der Waals surface area contributed by atoms with Gasteiger partial charge in [0.1, 0.15) is 0 Å². The third-order valence-electron chi connectivity index (χ3n) is 4.60. The Morgan fingerprint density at radius 1 is 1.07 bits per heavy atom. The third kappa shape index (κ3) is 4.75. The number of carbonyl (C=O) groups excluding carboxylic acids is 1. The fourth-order valence-corrected chi connectivity index (χ4v) is 7.48. The molecule has 8 heteroatoms. The molecule has 2 aromatic rings. The van der Waals surface area contributed by atoms with E-state index < -0.39 is 24.9 Å². The normalized spacial score (nSPS) is 18.9. The molecule has 1 saturated heterocycles. The minimum Gasteiger partial charge on any atom is -0.352 e. The number of sulfone groups is 2. The molecule has 1 fully saturated rings. The van der Waals surface area contributed by atoms with Gasteiger partial charge in [-0.15, -0.1) is 0 Å². The number of rotatable bonds is 6. The van der Waals surface area contributed by atoms with Gasteiger partial charge >= 0.3 is 0 Å². The van der Waals surface area contributed by atoms with Crippen molar-refractivity contribution in [1.82, 2.24) is 5.32 Å². The molecule has 1 aliphatic rings. The largest absolute Gasteiger partial charge is 0.352 e. The van der Waals surface area contributed by atoms with E-state index in [0.29, 0.717) is 13.0 Å². The fraction of sp³-hybridized carbons (Fsp3) is 0.316. The molecule has 1 aliphatic heterocycles. The molecule has 0 bridgehead atoms. The number of carbonyl (C=O) groups is 1. The zero-order chi connectivity index (χ0) is 19.5. The Kier molecular flexibility index (Phi) is 5.67. The van der Waals surface area contributed by atoms with E-state index in [2.05, 4.69) is 5.32 Å². The van der Waals surface area contributed by atoms with Crippen molar-refractivity contribution in [3.63, 3.8) is 0 Å². The van der Waals surface area contributed by atoms with Gasteiger partial charge in [0.25, 0.3) is 5.91 Å². The fourth-order valence-electron chi connectivity index (χ4n) is 3.08. The Balaban J connectivity index is 1.68. The molecule has 0 aliphatic carbocycles. The van der Waals surface area contributed by atoms with Crippen molar-refractivity contribution in [2.75, 3.05) is 18.1 Å². The topological polar surface area (TPSA) is 97.4 Å². The van der Waals surface area contributed by atoms with Crippen LogP contribution >= 0.6 is 0 Å². The lowest BCUT2D eigenvalue weighted by Crippen LogP contribution is -2.26. The van der Waals surface area contributed by atoms with Crippen LogP contribution in [0.2, 0.25) is 0 Å². The van der Waals surface area contributed by atoms with E-state index in [1.165, 1.54) is 18.2 Å². The van der Waals surface area contributed by atoms with Gasteiger partial charge in [-0.25, -0.2) is 16.8 Å². The van der Waals surface area contributed by atoms with Crippen LogP contribution < -0.4 is 5.32 Å². The first-order chi connectivity index (χ1) is 12.8. The van der Waals surface area contributed by atoms with Gasteiger partial charge in [-0.1, -0.05) is 36.4 Å². The molecular formula is C19H21NO5S2. The van der Waals surface area contributed by atoms with Crippen LogP contribution in [0, 0.1) is 0 Å². The summed E-state index contributed by atoms with van der Waals surface area (Å²) in [7, 11) is -7.10. The van der Waals surface area contributed by atoms with E-state index in [-0.39, 0.29) is 34.3 Å². The standard InChI is InChI=1S/C19H21NO5S2/c21-19(20-11-9-15-5-2-1-3-6-15)16-7-4-8-17(13-16)27(24,25)18-10-12-26(22,23)14-18/h1-8,13,18H,9-12,14H2,(H,20,21)/t18-/m0/s1.